The number of carbonyl (C=O) groups excluding carboxylic acids is 2. The minimum absolute atomic E-state index is 0. The lowest BCUT2D eigenvalue weighted by atomic mass is 10.1. The molecule has 0 unspecified atom stereocenters. The van der Waals surface area contributed by atoms with Gasteiger partial charge < -0.3 is 21.7 Å². The largest absolute Gasteiger partial charge is 1.00 e. The number of hydrogen-bond acceptors (Lipinski definition) is 3. The molecule has 1 aromatic heterocycles. The van der Waals surface area contributed by atoms with Gasteiger partial charge in [0.25, 0.3) is 0 Å². The van der Waals surface area contributed by atoms with Crippen molar-refractivity contribution < 1.29 is 35.9 Å². The molecule has 0 saturated carbocycles. The van der Waals surface area contributed by atoms with E-state index in [4.69, 9.17) is 27.9 Å². The SMILES string of the molecule is CC(C)OC(=O)c1ccc[n+](CC(=O)c2ccc(Cl)cc2Cl)c1.[Br-]. The Morgan fingerprint density at radius 1 is 1.21 bits per heavy atom. The number of ketones is 1. The number of aromatic nitrogens is 1. The average molecular weight is 433 g/mol. The normalized spacial score (nSPS) is 10.2. The van der Waals surface area contributed by atoms with Crippen molar-refractivity contribution in [3.63, 3.8) is 0 Å². The topological polar surface area (TPSA) is 47.2 Å². The van der Waals surface area contributed by atoms with Gasteiger partial charge in [-0.3, -0.25) is 4.79 Å². The Kier molecular flexibility index (Phi) is 7.87. The van der Waals surface area contributed by atoms with Crippen LogP contribution in [0.4, 0.5) is 0 Å². The predicted octanol–water partition coefficient (Wildman–Crippen LogP) is 0.733. The van der Waals surface area contributed by atoms with Gasteiger partial charge in [0.15, 0.2) is 12.4 Å². The van der Waals surface area contributed by atoms with Crippen LogP contribution in [0.3, 0.4) is 0 Å². The predicted molar refractivity (Wildman–Crippen MR) is 88.0 cm³/mol. The highest BCUT2D eigenvalue weighted by molar-refractivity contribution is 6.36. The first kappa shape index (κ1) is 20.6. The molecule has 0 amide bonds. The van der Waals surface area contributed by atoms with Gasteiger partial charge in [0.2, 0.25) is 12.3 Å². The third kappa shape index (κ3) is 5.58. The van der Waals surface area contributed by atoms with Gasteiger partial charge >= 0.3 is 5.97 Å². The van der Waals surface area contributed by atoms with Gasteiger partial charge in [-0.25, -0.2) is 4.79 Å². The van der Waals surface area contributed by atoms with Gasteiger partial charge in [0, 0.05) is 16.7 Å². The number of ether oxygens (including phenoxy) is 1. The minimum Gasteiger partial charge on any atom is -1.00 e. The van der Waals surface area contributed by atoms with E-state index in [9.17, 15) is 9.59 Å². The Morgan fingerprint density at radius 2 is 1.92 bits per heavy atom. The molecule has 1 aromatic carbocycles. The molecule has 0 saturated heterocycles. The molecule has 0 atom stereocenters. The van der Waals surface area contributed by atoms with Crippen LogP contribution in [0.1, 0.15) is 34.6 Å². The molecule has 4 nitrogen and oxygen atoms in total. The number of rotatable bonds is 5. The Labute approximate surface area is 161 Å². The smallest absolute Gasteiger partial charge is 0.344 e. The van der Waals surface area contributed by atoms with Crippen molar-refractivity contribution in [2.45, 2.75) is 26.5 Å². The Hall–Kier alpha value is -1.43. The quantitative estimate of drug-likeness (QED) is 0.397. The molecule has 0 bridgehead atoms. The van der Waals surface area contributed by atoms with Crippen molar-refractivity contribution >= 4 is 35.0 Å². The van der Waals surface area contributed by atoms with Crippen LogP contribution in [0.5, 0.6) is 0 Å². The van der Waals surface area contributed by atoms with Crippen molar-refractivity contribution in [2.75, 3.05) is 0 Å². The first-order chi connectivity index (χ1) is 10.9. The molecule has 0 spiro atoms. The molecule has 24 heavy (non-hydrogen) atoms. The zero-order valence-electron chi connectivity index (χ0n) is 13.1. The number of halogens is 3. The first-order valence-electron chi connectivity index (χ1n) is 7.05. The molecule has 0 aliphatic carbocycles. The highest BCUT2D eigenvalue weighted by Crippen LogP contribution is 2.21. The summed E-state index contributed by atoms with van der Waals surface area (Å²) in [6.07, 6.45) is 3.07. The fourth-order valence-corrected chi connectivity index (χ4v) is 2.50. The number of pyridine rings is 1. The van der Waals surface area contributed by atoms with Crippen LogP contribution in [0.2, 0.25) is 10.0 Å². The minimum atomic E-state index is -0.425. The monoisotopic (exact) mass is 431 g/mol. The van der Waals surface area contributed by atoms with Crippen LogP contribution in [-0.4, -0.2) is 17.9 Å². The maximum Gasteiger partial charge on any atom is 0.344 e. The number of Topliss-reactive ketones (excluding diaryl/α,β-unsaturated/α-hetero) is 1. The van der Waals surface area contributed by atoms with E-state index < -0.39 is 5.97 Å². The van der Waals surface area contributed by atoms with Crippen LogP contribution in [0, 0.1) is 0 Å². The summed E-state index contributed by atoms with van der Waals surface area (Å²) in [6, 6.07) is 8.05. The molecule has 2 rings (SSSR count). The zero-order valence-corrected chi connectivity index (χ0v) is 16.2. The van der Waals surface area contributed by atoms with Gasteiger partial charge in [-0.15, -0.1) is 0 Å². The summed E-state index contributed by atoms with van der Waals surface area (Å²) in [5.41, 5.74) is 0.773. The molecule has 128 valence electrons. The van der Waals surface area contributed by atoms with Gasteiger partial charge in [0.1, 0.15) is 5.56 Å². The zero-order chi connectivity index (χ0) is 17.0. The second-order valence-corrected chi connectivity index (χ2v) is 6.11. The molecular weight excluding hydrogens is 417 g/mol. The second-order valence-electron chi connectivity index (χ2n) is 5.27. The van der Waals surface area contributed by atoms with E-state index in [1.165, 1.54) is 6.07 Å². The van der Waals surface area contributed by atoms with Crippen molar-refractivity contribution in [1.29, 1.82) is 0 Å². The van der Waals surface area contributed by atoms with E-state index in [-0.39, 0.29) is 35.4 Å². The third-order valence-corrected chi connectivity index (χ3v) is 3.54. The summed E-state index contributed by atoms with van der Waals surface area (Å²) in [4.78, 5) is 24.2. The summed E-state index contributed by atoms with van der Waals surface area (Å²) in [7, 11) is 0. The van der Waals surface area contributed by atoms with E-state index in [0.29, 0.717) is 21.2 Å². The van der Waals surface area contributed by atoms with E-state index in [1.807, 2.05) is 0 Å². The summed E-state index contributed by atoms with van der Waals surface area (Å²) >= 11 is 11.9. The number of hydrogen-bond donors (Lipinski definition) is 0. The molecule has 2 aromatic rings. The van der Waals surface area contributed by atoms with Crippen LogP contribution in [-0.2, 0) is 11.3 Å². The van der Waals surface area contributed by atoms with E-state index in [0.717, 1.165) is 0 Å². The van der Waals surface area contributed by atoms with Gasteiger partial charge in [-0.1, -0.05) is 23.2 Å². The maximum atomic E-state index is 12.3. The van der Waals surface area contributed by atoms with Crippen molar-refractivity contribution in [3.05, 3.63) is 63.9 Å². The fraction of sp³-hybridized carbons (Fsp3) is 0.235. The number of carbonyl (C=O) groups is 2. The van der Waals surface area contributed by atoms with Gasteiger partial charge in [0.05, 0.1) is 11.1 Å². The lowest BCUT2D eigenvalue weighted by Crippen LogP contribution is -3.00. The summed E-state index contributed by atoms with van der Waals surface area (Å²) < 4.78 is 6.76. The summed E-state index contributed by atoms with van der Waals surface area (Å²) in [5, 5.41) is 0.774. The molecule has 0 N–H and O–H groups in total. The number of benzene rings is 1. The molecule has 0 radical (unpaired) electrons. The van der Waals surface area contributed by atoms with Crippen LogP contribution in [0.15, 0.2) is 42.7 Å². The Balaban J connectivity index is 0.00000288. The molecule has 0 aliphatic heterocycles. The molecule has 1 heterocycles. The fourth-order valence-electron chi connectivity index (χ4n) is 1.99. The Bertz CT molecular complexity index is 750. The molecule has 0 aliphatic rings. The number of nitrogens with zero attached hydrogens (tertiary/aromatic N) is 1. The molecule has 0 fully saturated rings. The maximum absolute atomic E-state index is 12.3. The van der Waals surface area contributed by atoms with E-state index >= 15 is 0 Å². The lowest BCUT2D eigenvalue weighted by Gasteiger charge is -2.07. The lowest BCUT2D eigenvalue weighted by molar-refractivity contribution is -0.683. The highest BCUT2D eigenvalue weighted by Gasteiger charge is 2.18. The highest BCUT2D eigenvalue weighted by atomic mass is 79.9. The molecular formula is C17H16BrCl2NO3. The standard InChI is InChI=1S/C17H16Cl2NO3.BrH/c1-11(2)23-17(22)12-4-3-7-20(9-12)10-16(21)14-6-5-13(18)8-15(14)19;/h3-9,11H,10H2,1-2H3;1H/q+1;/p-1. The summed E-state index contributed by atoms with van der Waals surface area (Å²) in [6.45, 7) is 3.62. The average Bonchev–Trinajstić information content (AvgIpc) is 2.46. The van der Waals surface area contributed by atoms with Crippen molar-refractivity contribution in [1.82, 2.24) is 0 Å². The van der Waals surface area contributed by atoms with E-state index in [2.05, 4.69) is 0 Å². The molecule has 7 heteroatoms. The number of esters is 1. The third-order valence-electron chi connectivity index (χ3n) is 2.99. The van der Waals surface area contributed by atoms with Crippen LogP contribution in [0.25, 0.3) is 0 Å². The van der Waals surface area contributed by atoms with Gasteiger partial charge in [-0.05, 0) is 38.1 Å². The van der Waals surface area contributed by atoms with Gasteiger partial charge in [-0.2, -0.15) is 4.57 Å². The Morgan fingerprint density at radius 3 is 2.54 bits per heavy atom. The van der Waals surface area contributed by atoms with Crippen LogP contribution < -0.4 is 21.5 Å². The van der Waals surface area contributed by atoms with Crippen molar-refractivity contribution in [2.24, 2.45) is 0 Å². The van der Waals surface area contributed by atoms with E-state index in [1.54, 1.807) is 55.1 Å². The first-order valence-corrected chi connectivity index (χ1v) is 7.80. The second kappa shape index (κ2) is 9.16. The van der Waals surface area contributed by atoms with Crippen molar-refractivity contribution in [3.8, 4) is 0 Å². The summed E-state index contributed by atoms with van der Waals surface area (Å²) in [5.74, 6) is -0.600. The van der Waals surface area contributed by atoms with Crippen LogP contribution >= 0.6 is 23.2 Å².